The van der Waals surface area contributed by atoms with Crippen LogP contribution in [-0.4, -0.2) is 13.1 Å². The molecule has 2 rings (SSSR count). The molecule has 21 heavy (non-hydrogen) atoms. The quantitative estimate of drug-likeness (QED) is 0.675. The molecular formula is C15H12Br2ClNO2. The van der Waals surface area contributed by atoms with E-state index in [-0.39, 0.29) is 0 Å². The van der Waals surface area contributed by atoms with Gasteiger partial charge in [0.05, 0.1) is 7.11 Å². The van der Waals surface area contributed by atoms with E-state index >= 15 is 0 Å². The van der Waals surface area contributed by atoms with Crippen molar-refractivity contribution < 1.29 is 9.53 Å². The van der Waals surface area contributed by atoms with E-state index in [1.807, 2.05) is 30.3 Å². The lowest BCUT2D eigenvalue weighted by atomic mass is 10.1. The molecule has 3 nitrogen and oxygen atoms in total. The summed E-state index contributed by atoms with van der Waals surface area (Å²) >= 11 is 13.0. The van der Waals surface area contributed by atoms with Gasteiger partial charge in [-0.2, -0.15) is 0 Å². The first-order chi connectivity index (χ1) is 10.0. The summed E-state index contributed by atoms with van der Waals surface area (Å²) < 4.78 is 6.57. The average molecular weight is 434 g/mol. The SMILES string of the molecule is COC(=O)C(Nc1ccccc1Br)c1cc(Br)ccc1Cl. The molecule has 0 spiro atoms. The van der Waals surface area contributed by atoms with Crippen LogP contribution in [0.15, 0.2) is 51.4 Å². The number of hydrogen-bond acceptors (Lipinski definition) is 3. The highest BCUT2D eigenvalue weighted by Crippen LogP contribution is 2.32. The Balaban J connectivity index is 2.42. The summed E-state index contributed by atoms with van der Waals surface area (Å²) in [7, 11) is 1.35. The fraction of sp³-hybridized carbons (Fsp3) is 0.133. The minimum atomic E-state index is -0.696. The number of hydrogen-bond donors (Lipinski definition) is 1. The number of ether oxygens (including phenoxy) is 1. The van der Waals surface area contributed by atoms with Gasteiger partial charge in [0.2, 0.25) is 0 Å². The molecule has 0 aromatic heterocycles. The smallest absolute Gasteiger partial charge is 0.333 e. The summed E-state index contributed by atoms with van der Waals surface area (Å²) in [5.41, 5.74) is 1.43. The van der Waals surface area contributed by atoms with Crippen LogP contribution in [0.3, 0.4) is 0 Å². The second kappa shape index (κ2) is 7.29. The highest BCUT2D eigenvalue weighted by atomic mass is 79.9. The molecule has 0 aliphatic heterocycles. The van der Waals surface area contributed by atoms with Gasteiger partial charge in [0.1, 0.15) is 0 Å². The van der Waals surface area contributed by atoms with Crippen molar-refractivity contribution in [3.05, 3.63) is 62.0 Å². The summed E-state index contributed by atoms with van der Waals surface area (Å²) in [4.78, 5) is 12.1. The van der Waals surface area contributed by atoms with Gasteiger partial charge in [-0.1, -0.05) is 39.7 Å². The molecule has 0 aliphatic carbocycles. The Labute approximate surface area is 144 Å². The van der Waals surface area contributed by atoms with Crippen molar-refractivity contribution in [3.63, 3.8) is 0 Å². The van der Waals surface area contributed by atoms with Gasteiger partial charge in [-0.25, -0.2) is 4.79 Å². The number of para-hydroxylation sites is 1. The Morgan fingerprint density at radius 3 is 2.62 bits per heavy atom. The number of benzene rings is 2. The van der Waals surface area contributed by atoms with E-state index in [0.29, 0.717) is 10.6 Å². The van der Waals surface area contributed by atoms with Gasteiger partial charge in [0.25, 0.3) is 0 Å². The lowest BCUT2D eigenvalue weighted by Crippen LogP contribution is -2.23. The fourth-order valence-electron chi connectivity index (χ4n) is 1.85. The third-order valence-corrected chi connectivity index (χ3v) is 4.41. The predicted octanol–water partition coefficient (Wildman–Crippen LogP) is 5.19. The Bertz CT molecular complexity index is 664. The molecule has 1 atom stereocenters. The van der Waals surface area contributed by atoms with Crippen LogP contribution in [0.1, 0.15) is 11.6 Å². The van der Waals surface area contributed by atoms with Gasteiger partial charge in [-0.3, -0.25) is 0 Å². The molecule has 0 radical (unpaired) electrons. The normalized spacial score (nSPS) is 11.8. The van der Waals surface area contributed by atoms with Crippen molar-refractivity contribution in [2.75, 3.05) is 12.4 Å². The van der Waals surface area contributed by atoms with E-state index in [1.54, 1.807) is 12.1 Å². The van der Waals surface area contributed by atoms with E-state index in [2.05, 4.69) is 37.2 Å². The summed E-state index contributed by atoms with van der Waals surface area (Å²) in [5, 5.41) is 3.65. The first-order valence-electron chi connectivity index (χ1n) is 6.06. The van der Waals surface area contributed by atoms with Crippen LogP contribution >= 0.6 is 43.5 Å². The minimum Gasteiger partial charge on any atom is -0.467 e. The lowest BCUT2D eigenvalue weighted by molar-refractivity contribution is -0.141. The highest BCUT2D eigenvalue weighted by molar-refractivity contribution is 9.10. The Hall–Kier alpha value is -1.04. The van der Waals surface area contributed by atoms with E-state index < -0.39 is 12.0 Å². The molecule has 1 N–H and O–H groups in total. The molecule has 2 aromatic rings. The predicted molar refractivity (Wildman–Crippen MR) is 91.7 cm³/mol. The molecule has 0 bridgehead atoms. The maximum Gasteiger partial charge on any atom is 0.333 e. The number of carbonyl (C=O) groups is 1. The minimum absolute atomic E-state index is 0.411. The van der Waals surface area contributed by atoms with Crippen LogP contribution in [0, 0.1) is 0 Å². The standard InChI is InChI=1S/C15H12Br2ClNO2/c1-21-15(20)14(10-8-9(16)6-7-12(10)18)19-13-5-3-2-4-11(13)17/h2-8,14,19H,1H3. The van der Waals surface area contributed by atoms with Crippen LogP contribution in [0.25, 0.3) is 0 Å². The van der Waals surface area contributed by atoms with Crippen LogP contribution < -0.4 is 5.32 Å². The number of esters is 1. The van der Waals surface area contributed by atoms with Crippen molar-refractivity contribution >= 4 is 55.1 Å². The van der Waals surface area contributed by atoms with Gasteiger partial charge >= 0.3 is 5.97 Å². The molecule has 6 heteroatoms. The first-order valence-corrected chi connectivity index (χ1v) is 8.03. The van der Waals surface area contributed by atoms with Crippen molar-refractivity contribution in [1.82, 2.24) is 0 Å². The van der Waals surface area contributed by atoms with Crippen molar-refractivity contribution in [1.29, 1.82) is 0 Å². The number of anilines is 1. The van der Waals surface area contributed by atoms with E-state index in [9.17, 15) is 4.79 Å². The number of methoxy groups -OCH3 is 1. The van der Waals surface area contributed by atoms with Crippen molar-refractivity contribution in [2.45, 2.75) is 6.04 Å². The van der Waals surface area contributed by atoms with Crippen LogP contribution in [0.5, 0.6) is 0 Å². The lowest BCUT2D eigenvalue weighted by Gasteiger charge is -2.20. The fourth-order valence-corrected chi connectivity index (χ4v) is 2.86. The number of nitrogens with one attached hydrogen (secondary N) is 1. The number of halogens is 3. The molecule has 0 aliphatic rings. The molecule has 0 saturated heterocycles. The number of rotatable bonds is 4. The third kappa shape index (κ3) is 3.99. The maximum atomic E-state index is 12.1. The Morgan fingerprint density at radius 1 is 1.24 bits per heavy atom. The largest absolute Gasteiger partial charge is 0.467 e. The summed E-state index contributed by atoms with van der Waals surface area (Å²) in [6.07, 6.45) is 0. The van der Waals surface area contributed by atoms with Crippen LogP contribution in [-0.2, 0) is 9.53 Å². The van der Waals surface area contributed by atoms with Gasteiger partial charge in [0, 0.05) is 25.2 Å². The second-order valence-electron chi connectivity index (χ2n) is 4.25. The zero-order chi connectivity index (χ0) is 15.4. The van der Waals surface area contributed by atoms with Crippen molar-refractivity contribution in [2.24, 2.45) is 0 Å². The molecule has 0 heterocycles. The van der Waals surface area contributed by atoms with E-state index in [0.717, 1.165) is 14.6 Å². The average Bonchev–Trinajstić information content (AvgIpc) is 2.48. The number of carbonyl (C=O) groups excluding carboxylic acids is 1. The first kappa shape index (κ1) is 16.3. The Morgan fingerprint density at radius 2 is 1.95 bits per heavy atom. The van der Waals surface area contributed by atoms with E-state index in [4.69, 9.17) is 16.3 Å². The van der Waals surface area contributed by atoms with Crippen LogP contribution in [0.4, 0.5) is 5.69 Å². The van der Waals surface area contributed by atoms with Gasteiger partial charge in [0.15, 0.2) is 6.04 Å². The van der Waals surface area contributed by atoms with Gasteiger partial charge in [-0.05, 0) is 46.3 Å². The molecule has 2 aromatic carbocycles. The van der Waals surface area contributed by atoms with E-state index in [1.165, 1.54) is 7.11 Å². The third-order valence-electron chi connectivity index (χ3n) is 2.88. The Kier molecular flexibility index (Phi) is 5.67. The highest BCUT2D eigenvalue weighted by Gasteiger charge is 2.24. The molecule has 0 amide bonds. The molecule has 0 fully saturated rings. The molecular weight excluding hydrogens is 421 g/mol. The zero-order valence-electron chi connectivity index (χ0n) is 11.1. The van der Waals surface area contributed by atoms with Gasteiger partial charge in [-0.15, -0.1) is 0 Å². The summed E-state index contributed by atoms with van der Waals surface area (Å²) in [6.45, 7) is 0. The van der Waals surface area contributed by atoms with Gasteiger partial charge < -0.3 is 10.1 Å². The molecule has 0 saturated carbocycles. The maximum absolute atomic E-state index is 12.1. The van der Waals surface area contributed by atoms with Crippen molar-refractivity contribution in [3.8, 4) is 0 Å². The topological polar surface area (TPSA) is 38.3 Å². The van der Waals surface area contributed by atoms with Crippen LogP contribution in [0.2, 0.25) is 5.02 Å². The second-order valence-corrected chi connectivity index (χ2v) is 6.42. The monoisotopic (exact) mass is 431 g/mol. The summed E-state index contributed by atoms with van der Waals surface area (Å²) in [5.74, 6) is -0.411. The molecule has 1 unspecified atom stereocenters. The zero-order valence-corrected chi connectivity index (χ0v) is 15.0. The summed E-state index contributed by atoms with van der Waals surface area (Å²) in [6, 6.07) is 12.2. The molecule has 110 valence electrons.